The van der Waals surface area contributed by atoms with E-state index in [4.69, 9.17) is 11.6 Å². The summed E-state index contributed by atoms with van der Waals surface area (Å²) in [4.78, 5) is 30.6. The van der Waals surface area contributed by atoms with Gasteiger partial charge in [-0.05, 0) is 24.1 Å². The first-order valence-electron chi connectivity index (χ1n) is 7.75. The number of aromatic nitrogens is 4. The second-order valence-electron chi connectivity index (χ2n) is 5.50. The van der Waals surface area contributed by atoms with Crippen molar-refractivity contribution in [2.45, 2.75) is 19.9 Å². The van der Waals surface area contributed by atoms with Crippen molar-refractivity contribution in [3.8, 4) is 0 Å². The van der Waals surface area contributed by atoms with E-state index in [-0.39, 0.29) is 0 Å². The van der Waals surface area contributed by atoms with Crippen LogP contribution in [0.25, 0.3) is 11.2 Å². The number of aromatic amines is 1. The number of aryl methyl sites for hydroxylation is 2. The Labute approximate surface area is 147 Å². The fourth-order valence-electron chi connectivity index (χ4n) is 2.47. The molecule has 0 amide bonds. The molecule has 0 saturated heterocycles. The normalized spacial score (nSPS) is 11.5. The third kappa shape index (κ3) is 3.34. The van der Waals surface area contributed by atoms with Gasteiger partial charge >= 0.3 is 5.69 Å². The van der Waals surface area contributed by atoms with E-state index in [2.05, 4.69) is 20.5 Å². The van der Waals surface area contributed by atoms with Crippen LogP contribution in [0, 0.1) is 0 Å². The van der Waals surface area contributed by atoms with E-state index in [1.54, 1.807) is 30.0 Å². The zero-order valence-electron chi connectivity index (χ0n) is 13.8. The van der Waals surface area contributed by atoms with Crippen LogP contribution in [-0.2, 0) is 13.6 Å². The van der Waals surface area contributed by atoms with Crippen molar-refractivity contribution in [1.29, 1.82) is 0 Å². The number of fused-ring (bicyclic) bond motifs is 1. The number of imidazole rings is 1. The summed E-state index contributed by atoms with van der Waals surface area (Å²) in [6, 6.07) is 7.20. The van der Waals surface area contributed by atoms with Crippen LogP contribution < -0.4 is 16.7 Å². The first-order chi connectivity index (χ1) is 12.0. The molecule has 0 unspecified atom stereocenters. The number of nitrogens with one attached hydrogen (secondary N) is 2. The molecule has 0 aliphatic carbocycles. The maximum atomic E-state index is 12.2. The Morgan fingerprint density at radius 2 is 2.04 bits per heavy atom. The predicted molar refractivity (Wildman–Crippen MR) is 98.6 cm³/mol. The van der Waals surface area contributed by atoms with E-state index >= 15 is 0 Å². The van der Waals surface area contributed by atoms with Gasteiger partial charge in [-0.25, -0.2) is 10.2 Å². The van der Waals surface area contributed by atoms with Gasteiger partial charge < -0.3 is 4.57 Å². The second-order valence-corrected chi connectivity index (χ2v) is 5.94. The fraction of sp³-hybridized carbons (Fsp3) is 0.250. The highest BCUT2D eigenvalue weighted by molar-refractivity contribution is 6.30. The van der Waals surface area contributed by atoms with Gasteiger partial charge in [0.25, 0.3) is 5.56 Å². The molecule has 130 valence electrons. The van der Waals surface area contributed by atoms with Crippen LogP contribution in [0.4, 0.5) is 5.95 Å². The number of halogens is 1. The molecule has 3 rings (SSSR count). The van der Waals surface area contributed by atoms with Crippen LogP contribution in [0.5, 0.6) is 0 Å². The summed E-state index contributed by atoms with van der Waals surface area (Å²) in [5.41, 5.74) is 3.39. The number of hydrogen-bond acceptors (Lipinski definition) is 5. The summed E-state index contributed by atoms with van der Waals surface area (Å²) >= 11 is 5.85. The topological polar surface area (TPSA) is 97.1 Å². The molecule has 0 fully saturated rings. The number of rotatable bonds is 5. The Morgan fingerprint density at radius 3 is 2.72 bits per heavy atom. The van der Waals surface area contributed by atoms with Gasteiger partial charge in [-0.15, -0.1) is 0 Å². The van der Waals surface area contributed by atoms with Crippen LogP contribution in [0.3, 0.4) is 0 Å². The largest absolute Gasteiger partial charge is 0.329 e. The summed E-state index contributed by atoms with van der Waals surface area (Å²) in [5.74, 6) is 0.397. The second kappa shape index (κ2) is 6.94. The monoisotopic (exact) mass is 360 g/mol. The first-order valence-corrected chi connectivity index (χ1v) is 8.13. The zero-order valence-corrected chi connectivity index (χ0v) is 14.5. The third-order valence-corrected chi connectivity index (χ3v) is 3.95. The van der Waals surface area contributed by atoms with Gasteiger partial charge in [0.15, 0.2) is 11.2 Å². The van der Waals surface area contributed by atoms with E-state index in [1.165, 1.54) is 4.57 Å². The van der Waals surface area contributed by atoms with Crippen molar-refractivity contribution >= 4 is 34.9 Å². The summed E-state index contributed by atoms with van der Waals surface area (Å²) < 4.78 is 3.02. The van der Waals surface area contributed by atoms with Gasteiger partial charge in [0.1, 0.15) is 0 Å². The molecule has 0 aliphatic rings. The Bertz CT molecular complexity index is 1050. The number of benzene rings is 1. The van der Waals surface area contributed by atoms with Gasteiger partial charge in [-0.2, -0.15) is 10.1 Å². The van der Waals surface area contributed by atoms with Crippen LogP contribution in [0.2, 0.25) is 5.02 Å². The van der Waals surface area contributed by atoms with Crippen molar-refractivity contribution in [2.75, 3.05) is 5.43 Å². The summed E-state index contributed by atoms with van der Waals surface area (Å²) in [6.07, 6.45) is 2.42. The van der Waals surface area contributed by atoms with Gasteiger partial charge in [-0.1, -0.05) is 30.7 Å². The lowest BCUT2D eigenvalue weighted by atomic mass is 10.2. The van der Waals surface area contributed by atoms with Crippen molar-refractivity contribution in [1.82, 2.24) is 19.1 Å². The highest BCUT2D eigenvalue weighted by atomic mass is 35.5. The quantitative estimate of drug-likeness (QED) is 0.536. The molecule has 1 aromatic carbocycles. The number of anilines is 1. The molecule has 0 radical (unpaired) electrons. The average molecular weight is 361 g/mol. The zero-order chi connectivity index (χ0) is 18.0. The summed E-state index contributed by atoms with van der Waals surface area (Å²) in [5, 5.41) is 4.81. The minimum absolute atomic E-state index is 0.311. The van der Waals surface area contributed by atoms with E-state index < -0.39 is 11.2 Å². The molecule has 0 bridgehead atoms. The number of hydrazone groups is 1. The lowest BCUT2D eigenvalue weighted by Gasteiger charge is -2.05. The minimum atomic E-state index is -0.505. The lowest BCUT2D eigenvalue weighted by Crippen LogP contribution is -2.29. The maximum Gasteiger partial charge on any atom is 0.329 e. The fourth-order valence-corrected chi connectivity index (χ4v) is 2.60. The van der Waals surface area contributed by atoms with Gasteiger partial charge in [0.2, 0.25) is 5.95 Å². The van der Waals surface area contributed by atoms with Gasteiger partial charge in [0, 0.05) is 18.6 Å². The predicted octanol–water partition coefficient (Wildman–Crippen LogP) is 1.93. The maximum absolute atomic E-state index is 12.2. The molecule has 2 N–H and O–H groups in total. The minimum Gasteiger partial charge on any atom is -0.303 e. The molecular weight excluding hydrogens is 344 g/mol. The number of nitrogens with zero attached hydrogens (tertiary/aromatic N) is 4. The molecule has 2 heterocycles. The highest BCUT2D eigenvalue weighted by Gasteiger charge is 2.16. The molecule has 8 nitrogen and oxygen atoms in total. The smallest absolute Gasteiger partial charge is 0.303 e. The van der Waals surface area contributed by atoms with E-state index in [0.29, 0.717) is 28.7 Å². The molecule has 3 aromatic rings. The third-order valence-electron chi connectivity index (χ3n) is 3.70. The molecular formula is C16H17ClN6O2. The molecule has 0 saturated carbocycles. The van der Waals surface area contributed by atoms with Crippen molar-refractivity contribution in [2.24, 2.45) is 12.1 Å². The molecule has 25 heavy (non-hydrogen) atoms. The van der Waals surface area contributed by atoms with Crippen molar-refractivity contribution < 1.29 is 0 Å². The Hall–Kier alpha value is -2.87. The van der Waals surface area contributed by atoms with E-state index in [0.717, 1.165) is 12.0 Å². The molecule has 9 heteroatoms. The van der Waals surface area contributed by atoms with Crippen molar-refractivity contribution in [3.63, 3.8) is 0 Å². The molecule has 0 aliphatic heterocycles. The van der Waals surface area contributed by atoms with Crippen LogP contribution in [0.15, 0.2) is 39.0 Å². The molecule has 0 atom stereocenters. The van der Waals surface area contributed by atoms with Crippen LogP contribution in [0.1, 0.15) is 18.9 Å². The SMILES string of the molecule is CCCn1c(N/N=C/c2ccc(Cl)cc2)nc2c1c(=O)[nH]c(=O)n2C. The number of H-pyrrole nitrogens is 1. The van der Waals surface area contributed by atoms with Crippen LogP contribution >= 0.6 is 11.6 Å². The highest BCUT2D eigenvalue weighted by Crippen LogP contribution is 2.16. The molecule has 2 aromatic heterocycles. The lowest BCUT2D eigenvalue weighted by molar-refractivity contribution is 0.698. The summed E-state index contributed by atoms with van der Waals surface area (Å²) in [6.45, 7) is 2.55. The van der Waals surface area contributed by atoms with E-state index in [9.17, 15) is 9.59 Å². The Balaban J connectivity index is 2.00. The number of hydrogen-bond donors (Lipinski definition) is 2. The Kier molecular flexibility index (Phi) is 4.71. The first kappa shape index (κ1) is 17.0. The summed E-state index contributed by atoms with van der Waals surface area (Å²) in [7, 11) is 1.56. The van der Waals surface area contributed by atoms with Crippen LogP contribution in [-0.4, -0.2) is 25.3 Å². The average Bonchev–Trinajstić information content (AvgIpc) is 2.94. The van der Waals surface area contributed by atoms with Crippen molar-refractivity contribution in [3.05, 3.63) is 55.7 Å². The van der Waals surface area contributed by atoms with Gasteiger partial charge in [0.05, 0.1) is 6.21 Å². The Morgan fingerprint density at radius 1 is 1.32 bits per heavy atom. The molecule has 0 spiro atoms. The standard InChI is InChI=1S/C16H17ClN6O2/c1-3-8-23-12-13(22(2)16(25)20-14(12)24)19-15(23)21-18-9-10-4-6-11(17)7-5-10/h4-7,9H,3,8H2,1-2H3,(H,19,21)(H,20,24,25)/b18-9+. The van der Waals surface area contributed by atoms with E-state index in [1.807, 2.05) is 19.1 Å². The van der Waals surface area contributed by atoms with Gasteiger partial charge in [-0.3, -0.25) is 14.3 Å².